The summed E-state index contributed by atoms with van der Waals surface area (Å²) in [7, 11) is 0. The summed E-state index contributed by atoms with van der Waals surface area (Å²) in [6.45, 7) is -0.474. The number of alkyl halides is 2. The highest BCUT2D eigenvalue weighted by molar-refractivity contribution is 6.34. The van der Waals surface area contributed by atoms with Gasteiger partial charge in [0, 0.05) is 42.1 Å². The topological polar surface area (TPSA) is 87.6 Å². The number of carbonyl (C=O) groups excluding carboxylic acids is 1. The molecule has 35 heavy (non-hydrogen) atoms. The van der Waals surface area contributed by atoms with Crippen LogP contribution >= 0.6 is 11.6 Å². The quantitative estimate of drug-likeness (QED) is 0.409. The molecule has 3 aromatic rings. The third kappa shape index (κ3) is 4.53. The highest BCUT2D eigenvalue weighted by Gasteiger charge is 2.43. The second-order valence-corrected chi connectivity index (χ2v) is 8.44. The maximum Gasteiger partial charge on any atom is 0.249 e. The van der Waals surface area contributed by atoms with Gasteiger partial charge < -0.3 is 20.9 Å². The van der Waals surface area contributed by atoms with Crippen LogP contribution in [0.1, 0.15) is 27.9 Å². The van der Waals surface area contributed by atoms with Gasteiger partial charge in [-0.05, 0) is 17.7 Å². The van der Waals surface area contributed by atoms with Gasteiger partial charge >= 0.3 is 0 Å². The van der Waals surface area contributed by atoms with Crippen molar-refractivity contribution in [3.05, 3.63) is 81.9 Å². The van der Waals surface area contributed by atoms with E-state index in [0.29, 0.717) is 11.1 Å². The molecule has 5 nitrogen and oxygen atoms in total. The Hall–Kier alpha value is -3.30. The molecule has 4 N–H and O–H groups in total. The molecule has 184 valence electrons. The van der Waals surface area contributed by atoms with Gasteiger partial charge in [0.2, 0.25) is 12.3 Å². The molecule has 1 heterocycles. The van der Waals surface area contributed by atoms with E-state index >= 15 is 4.39 Å². The number of carbonyl (C=O) groups is 1. The molecule has 0 saturated carbocycles. The maximum atomic E-state index is 15.7. The van der Waals surface area contributed by atoms with Gasteiger partial charge in [0.25, 0.3) is 0 Å². The lowest BCUT2D eigenvalue weighted by Crippen LogP contribution is -2.39. The van der Waals surface area contributed by atoms with E-state index in [1.807, 2.05) is 6.07 Å². The molecule has 0 fully saturated rings. The van der Waals surface area contributed by atoms with Crippen LogP contribution in [0, 0.1) is 11.6 Å². The molecule has 0 spiro atoms. The van der Waals surface area contributed by atoms with Crippen LogP contribution in [-0.4, -0.2) is 25.5 Å². The third-order valence-corrected chi connectivity index (χ3v) is 6.27. The van der Waals surface area contributed by atoms with E-state index in [-0.39, 0.29) is 29.8 Å². The summed E-state index contributed by atoms with van der Waals surface area (Å²) >= 11 is 6.32. The average Bonchev–Trinajstić information content (AvgIpc) is 3.21. The van der Waals surface area contributed by atoms with E-state index < -0.39 is 58.9 Å². The summed E-state index contributed by atoms with van der Waals surface area (Å²) in [5.41, 5.74) is 10.7. The minimum atomic E-state index is -2.65. The first-order chi connectivity index (χ1) is 16.7. The first kappa shape index (κ1) is 24.8. The molecule has 3 aromatic carbocycles. The molecular weight excluding hydrogens is 488 g/mol. The Morgan fingerprint density at radius 2 is 1.86 bits per heavy atom. The summed E-state index contributed by atoms with van der Waals surface area (Å²) in [5.74, 6) is -3.34. The van der Waals surface area contributed by atoms with Crippen molar-refractivity contribution < 1.29 is 31.8 Å². The summed E-state index contributed by atoms with van der Waals surface area (Å²) in [6.07, 6.45) is -3.19. The van der Waals surface area contributed by atoms with Crippen molar-refractivity contribution in [3.8, 4) is 22.6 Å². The van der Waals surface area contributed by atoms with E-state index in [9.17, 15) is 18.0 Å². The van der Waals surface area contributed by atoms with Gasteiger partial charge in [-0.15, -0.1) is 0 Å². The molecule has 0 aromatic heterocycles. The van der Waals surface area contributed by atoms with Crippen LogP contribution in [0.4, 0.5) is 17.6 Å². The van der Waals surface area contributed by atoms with Crippen molar-refractivity contribution >= 4 is 17.5 Å². The molecule has 0 unspecified atom stereocenters. The Balaban J connectivity index is 1.91. The maximum absolute atomic E-state index is 15.7. The summed E-state index contributed by atoms with van der Waals surface area (Å²) < 4.78 is 67.0. The van der Waals surface area contributed by atoms with Crippen LogP contribution in [0.15, 0.2) is 48.5 Å². The average molecular weight is 509 g/mol. The second-order valence-electron chi connectivity index (χ2n) is 8.06. The first-order valence-electron chi connectivity index (χ1n) is 10.7. The number of ether oxygens (including phenoxy) is 2. The Bertz CT molecular complexity index is 1270. The van der Waals surface area contributed by atoms with E-state index in [4.69, 9.17) is 32.5 Å². The Morgan fingerprint density at radius 3 is 2.49 bits per heavy atom. The van der Waals surface area contributed by atoms with Crippen LogP contribution in [0.25, 0.3) is 11.1 Å². The zero-order valence-corrected chi connectivity index (χ0v) is 19.0. The number of amides is 1. The fourth-order valence-electron chi connectivity index (χ4n) is 4.21. The number of halogens is 5. The number of rotatable bonds is 8. The predicted molar refractivity (Wildman–Crippen MR) is 123 cm³/mol. The zero-order chi connectivity index (χ0) is 25.3. The van der Waals surface area contributed by atoms with Crippen molar-refractivity contribution in [2.24, 2.45) is 11.5 Å². The van der Waals surface area contributed by atoms with Crippen molar-refractivity contribution in [1.82, 2.24) is 0 Å². The molecule has 0 bridgehead atoms. The van der Waals surface area contributed by atoms with Crippen LogP contribution < -0.4 is 20.9 Å². The van der Waals surface area contributed by atoms with Gasteiger partial charge in [-0.3, -0.25) is 4.79 Å². The van der Waals surface area contributed by atoms with Crippen molar-refractivity contribution in [1.29, 1.82) is 0 Å². The first-order valence-corrected chi connectivity index (χ1v) is 11.1. The normalized spacial score (nSPS) is 16.8. The van der Waals surface area contributed by atoms with Crippen LogP contribution in [0.2, 0.25) is 5.02 Å². The van der Waals surface area contributed by atoms with Crippen LogP contribution in [-0.2, 0) is 12.0 Å². The Morgan fingerprint density at radius 1 is 1.14 bits per heavy atom. The summed E-state index contributed by atoms with van der Waals surface area (Å²) in [5, 5.41) is -0.459. The molecular formula is C25H21ClF4N2O3. The fraction of sp³-hybridized carbons (Fsp3) is 0.240. The molecule has 1 amide bonds. The van der Waals surface area contributed by atoms with Gasteiger partial charge in [0.1, 0.15) is 11.6 Å². The van der Waals surface area contributed by atoms with Crippen LogP contribution in [0.3, 0.4) is 0 Å². The molecule has 1 atom stereocenters. The molecule has 0 radical (unpaired) electrons. The lowest BCUT2D eigenvalue weighted by atomic mass is 9.85. The minimum Gasteiger partial charge on any atom is -0.490 e. The predicted octanol–water partition coefficient (Wildman–Crippen LogP) is 5.21. The number of hydrogen-bond acceptors (Lipinski definition) is 4. The molecule has 0 saturated heterocycles. The third-order valence-electron chi connectivity index (χ3n) is 5.90. The second kappa shape index (κ2) is 9.75. The summed E-state index contributed by atoms with van der Waals surface area (Å²) in [6, 6.07) is 12.3. The lowest BCUT2D eigenvalue weighted by Gasteiger charge is -2.27. The van der Waals surface area contributed by atoms with Crippen LogP contribution in [0.5, 0.6) is 11.5 Å². The monoisotopic (exact) mass is 508 g/mol. The molecule has 1 aliphatic rings. The van der Waals surface area contributed by atoms with E-state index in [1.54, 1.807) is 24.3 Å². The van der Waals surface area contributed by atoms with Crippen molar-refractivity contribution in [2.45, 2.75) is 24.9 Å². The van der Waals surface area contributed by atoms with E-state index in [1.165, 1.54) is 6.07 Å². The zero-order valence-electron chi connectivity index (χ0n) is 18.3. The van der Waals surface area contributed by atoms with Gasteiger partial charge in [0.05, 0.1) is 17.2 Å². The van der Waals surface area contributed by atoms with Crippen molar-refractivity contribution in [3.63, 3.8) is 0 Å². The van der Waals surface area contributed by atoms with Gasteiger partial charge in [-0.25, -0.2) is 17.6 Å². The van der Waals surface area contributed by atoms with Gasteiger partial charge in [0.15, 0.2) is 17.2 Å². The molecule has 4 rings (SSSR count). The highest BCUT2D eigenvalue weighted by Crippen LogP contribution is 2.50. The Kier molecular flexibility index (Phi) is 6.91. The fourth-order valence-corrected chi connectivity index (χ4v) is 4.47. The highest BCUT2D eigenvalue weighted by atomic mass is 35.5. The van der Waals surface area contributed by atoms with Gasteiger partial charge in [-0.1, -0.05) is 41.9 Å². The number of primary amides is 1. The summed E-state index contributed by atoms with van der Waals surface area (Å²) in [4.78, 5) is 12.2. The lowest BCUT2D eigenvalue weighted by molar-refractivity contribution is 0.1000. The largest absolute Gasteiger partial charge is 0.490 e. The number of fused-ring (bicyclic) bond motifs is 1. The number of benzene rings is 3. The molecule has 1 aliphatic heterocycles. The standard InChI is InChI=1S/C25H21ClF4N2O3/c26-22-16(27)10-18-15(11-25(12-31,35-18)13-4-2-1-3-5-13)20(22)21-14(24(32)33)6-7-17(23(21)30)34-9-8-19(28)29/h1-7,10,19H,8-9,11-12,31H2,(H2,32,33)/t25-/m1/s1. The molecule has 0 aliphatic carbocycles. The van der Waals surface area contributed by atoms with E-state index in [0.717, 1.165) is 12.1 Å². The van der Waals surface area contributed by atoms with E-state index in [2.05, 4.69) is 0 Å². The Labute approximate surface area is 203 Å². The van der Waals surface area contributed by atoms with Gasteiger partial charge in [-0.2, -0.15) is 0 Å². The minimum absolute atomic E-state index is 0.00626. The number of nitrogens with two attached hydrogens (primary N) is 2. The smallest absolute Gasteiger partial charge is 0.249 e. The van der Waals surface area contributed by atoms with Crippen molar-refractivity contribution in [2.75, 3.05) is 13.2 Å². The number of hydrogen-bond donors (Lipinski definition) is 2. The molecule has 10 heteroatoms. The SMILES string of the molecule is NC[C@@]1(c2ccccc2)Cc2c(cc(F)c(Cl)c2-c2c(C(N)=O)ccc(OCCC(F)F)c2F)O1.